The van der Waals surface area contributed by atoms with Crippen molar-refractivity contribution < 1.29 is 13.2 Å². The quantitative estimate of drug-likeness (QED) is 0.801. The van der Waals surface area contributed by atoms with Crippen molar-refractivity contribution in [2.24, 2.45) is 11.8 Å². The number of hydrogen-bond donors (Lipinski definition) is 0. The van der Waals surface area contributed by atoms with Gasteiger partial charge in [-0.15, -0.1) is 0 Å². The number of ketones is 1. The molecule has 5 heteroatoms. The summed E-state index contributed by atoms with van der Waals surface area (Å²) in [5, 5.41) is 9.17. The van der Waals surface area contributed by atoms with Gasteiger partial charge in [0.2, 0.25) is 0 Å². The predicted octanol–water partition coefficient (Wildman–Crippen LogP) is 2.36. The molecular formula is C15H17NO3S. The summed E-state index contributed by atoms with van der Waals surface area (Å²) in [5.41, 5.74) is 0. The Bertz CT molecular complexity index is 616. The van der Waals surface area contributed by atoms with Crippen molar-refractivity contribution in [2.75, 3.05) is 5.75 Å². The Morgan fingerprint density at radius 3 is 2.55 bits per heavy atom. The van der Waals surface area contributed by atoms with Crippen molar-refractivity contribution in [3.05, 3.63) is 30.3 Å². The van der Waals surface area contributed by atoms with Crippen LogP contribution >= 0.6 is 0 Å². The molecule has 1 aliphatic carbocycles. The Morgan fingerprint density at radius 2 is 1.90 bits per heavy atom. The molecule has 0 spiro atoms. The molecular weight excluding hydrogens is 274 g/mol. The molecule has 1 fully saturated rings. The molecule has 1 aromatic rings. The van der Waals surface area contributed by atoms with Gasteiger partial charge in [0.1, 0.15) is 5.78 Å². The Balaban J connectivity index is 2.26. The van der Waals surface area contributed by atoms with Crippen molar-refractivity contribution in [1.82, 2.24) is 0 Å². The summed E-state index contributed by atoms with van der Waals surface area (Å²) in [7, 11) is -3.52. The molecule has 0 heterocycles. The van der Waals surface area contributed by atoms with E-state index in [2.05, 4.69) is 6.07 Å². The Labute approximate surface area is 119 Å². The summed E-state index contributed by atoms with van der Waals surface area (Å²) in [5.74, 6) is -1.52. The highest BCUT2D eigenvalue weighted by Gasteiger charge is 2.34. The number of carbonyl (C=O) groups is 1. The zero-order valence-corrected chi connectivity index (χ0v) is 12.0. The van der Waals surface area contributed by atoms with Gasteiger partial charge in [0.05, 0.1) is 22.6 Å². The Hall–Kier alpha value is -1.67. The number of rotatable bonds is 3. The maximum Gasteiger partial charge on any atom is 0.179 e. The number of nitriles is 1. The first-order valence-corrected chi connectivity index (χ1v) is 8.40. The van der Waals surface area contributed by atoms with E-state index in [1.165, 1.54) is 12.1 Å². The van der Waals surface area contributed by atoms with E-state index in [1.54, 1.807) is 18.2 Å². The van der Waals surface area contributed by atoms with Crippen LogP contribution in [0.25, 0.3) is 0 Å². The first-order valence-electron chi connectivity index (χ1n) is 6.75. The van der Waals surface area contributed by atoms with E-state index >= 15 is 0 Å². The number of nitrogens with zero attached hydrogens (tertiary/aromatic N) is 1. The van der Waals surface area contributed by atoms with Crippen molar-refractivity contribution in [1.29, 1.82) is 5.26 Å². The molecule has 106 valence electrons. The lowest BCUT2D eigenvalue weighted by Gasteiger charge is -2.18. The summed E-state index contributed by atoms with van der Waals surface area (Å²) in [6, 6.07) is 10.2. The fraction of sp³-hybridized carbons (Fsp3) is 0.467. The molecule has 0 saturated heterocycles. The van der Waals surface area contributed by atoms with E-state index in [1.807, 2.05) is 0 Å². The molecule has 0 aliphatic heterocycles. The van der Waals surface area contributed by atoms with Crippen LogP contribution < -0.4 is 0 Å². The second-order valence-electron chi connectivity index (χ2n) is 5.15. The van der Waals surface area contributed by atoms with Crippen LogP contribution in [0, 0.1) is 23.2 Å². The van der Waals surface area contributed by atoms with Crippen molar-refractivity contribution in [3.8, 4) is 6.07 Å². The van der Waals surface area contributed by atoms with Gasteiger partial charge in [-0.2, -0.15) is 5.26 Å². The van der Waals surface area contributed by atoms with Crippen LogP contribution in [-0.4, -0.2) is 20.0 Å². The van der Waals surface area contributed by atoms with E-state index in [4.69, 9.17) is 0 Å². The van der Waals surface area contributed by atoms with E-state index in [-0.39, 0.29) is 16.4 Å². The maximum atomic E-state index is 12.4. The van der Waals surface area contributed by atoms with Gasteiger partial charge < -0.3 is 0 Å². The summed E-state index contributed by atoms with van der Waals surface area (Å²) < 4.78 is 24.7. The average molecular weight is 291 g/mol. The first-order chi connectivity index (χ1) is 9.54. The minimum atomic E-state index is -3.52. The van der Waals surface area contributed by atoms with Crippen molar-refractivity contribution >= 4 is 15.6 Å². The predicted molar refractivity (Wildman–Crippen MR) is 74.6 cm³/mol. The Kier molecular flexibility index (Phi) is 4.56. The second kappa shape index (κ2) is 6.19. The van der Waals surface area contributed by atoms with Gasteiger partial charge >= 0.3 is 0 Å². The zero-order valence-electron chi connectivity index (χ0n) is 11.2. The van der Waals surface area contributed by atoms with Crippen LogP contribution in [0.4, 0.5) is 0 Å². The van der Waals surface area contributed by atoms with Gasteiger partial charge in [0, 0.05) is 12.3 Å². The topological polar surface area (TPSA) is 75.0 Å². The van der Waals surface area contributed by atoms with Gasteiger partial charge in [-0.25, -0.2) is 8.42 Å². The van der Waals surface area contributed by atoms with Crippen LogP contribution in [0.15, 0.2) is 35.2 Å². The molecule has 20 heavy (non-hydrogen) atoms. The Morgan fingerprint density at radius 1 is 1.20 bits per heavy atom. The third-order valence-corrected chi connectivity index (χ3v) is 5.54. The summed E-state index contributed by atoms with van der Waals surface area (Å²) in [4.78, 5) is 12.3. The molecule has 1 aliphatic rings. The summed E-state index contributed by atoms with van der Waals surface area (Å²) >= 11 is 0. The van der Waals surface area contributed by atoms with Gasteiger partial charge in [0.15, 0.2) is 9.84 Å². The standard InChI is InChI=1S/C15H17NO3S/c16-10-12-6-4-5-9-15(17)14(12)11-20(18,19)13-7-2-1-3-8-13/h1-3,7-8,12,14H,4-6,9,11H2. The average Bonchev–Trinajstić information content (AvgIpc) is 2.62. The summed E-state index contributed by atoms with van der Waals surface area (Å²) in [6.45, 7) is 0. The molecule has 0 N–H and O–H groups in total. The molecule has 0 aromatic heterocycles. The molecule has 0 amide bonds. The number of carbonyl (C=O) groups excluding carboxylic acids is 1. The highest BCUT2D eigenvalue weighted by Crippen LogP contribution is 2.28. The van der Waals surface area contributed by atoms with Gasteiger partial charge in [-0.05, 0) is 25.0 Å². The highest BCUT2D eigenvalue weighted by molar-refractivity contribution is 7.91. The van der Waals surface area contributed by atoms with E-state index in [9.17, 15) is 18.5 Å². The second-order valence-corrected chi connectivity index (χ2v) is 7.18. The molecule has 0 bridgehead atoms. The lowest BCUT2D eigenvalue weighted by molar-refractivity contribution is -0.122. The van der Waals surface area contributed by atoms with E-state index in [0.717, 1.165) is 12.8 Å². The van der Waals surface area contributed by atoms with Gasteiger partial charge in [0.25, 0.3) is 0 Å². The lowest BCUT2D eigenvalue weighted by atomic mass is 9.90. The van der Waals surface area contributed by atoms with Crippen LogP contribution in [-0.2, 0) is 14.6 Å². The van der Waals surface area contributed by atoms with Crippen LogP contribution in [0.5, 0.6) is 0 Å². The zero-order chi connectivity index (χ0) is 14.6. The van der Waals surface area contributed by atoms with Gasteiger partial charge in [-0.3, -0.25) is 4.79 Å². The highest BCUT2D eigenvalue weighted by atomic mass is 32.2. The fourth-order valence-electron chi connectivity index (χ4n) is 2.60. The van der Waals surface area contributed by atoms with E-state index in [0.29, 0.717) is 12.8 Å². The molecule has 0 radical (unpaired) electrons. The largest absolute Gasteiger partial charge is 0.299 e. The first kappa shape index (κ1) is 14.7. The van der Waals surface area contributed by atoms with E-state index < -0.39 is 21.7 Å². The lowest BCUT2D eigenvalue weighted by Crippen LogP contribution is -2.29. The van der Waals surface area contributed by atoms with Crippen molar-refractivity contribution in [3.63, 3.8) is 0 Å². The van der Waals surface area contributed by atoms with Crippen LogP contribution in [0.1, 0.15) is 25.7 Å². The molecule has 1 saturated carbocycles. The molecule has 2 unspecified atom stereocenters. The SMILES string of the molecule is N#CC1CCCCC(=O)C1CS(=O)(=O)c1ccccc1. The monoisotopic (exact) mass is 291 g/mol. The number of benzene rings is 1. The smallest absolute Gasteiger partial charge is 0.179 e. The van der Waals surface area contributed by atoms with Crippen LogP contribution in [0.2, 0.25) is 0 Å². The molecule has 4 nitrogen and oxygen atoms in total. The molecule has 1 aromatic carbocycles. The normalized spacial score (nSPS) is 23.9. The minimum absolute atomic E-state index is 0.0893. The number of hydrogen-bond acceptors (Lipinski definition) is 4. The third-order valence-electron chi connectivity index (χ3n) is 3.75. The minimum Gasteiger partial charge on any atom is -0.299 e. The maximum absolute atomic E-state index is 12.4. The summed E-state index contributed by atoms with van der Waals surface area (Å²) in [6.07, 6.45) is 2.55. The van der Waals surface area contributed by atoms with Gasteiger partial charge in [-0.1, -0.05) is 24.6 Å². The fourth-order valence-corrected chi connectivity index (χ4v) is 4.25. The number of sulfone groups is 1. The van der Waals surface area contributed by atoms with Crippen LogP contribution in [0.3, 0.4) is 0 Å². The van der Waals surface area contributed by atoms with Crippen molar-refractivity contribution in [2.45, 2.75) is 30.6 Å². The molecule has 2 rings (SSSR count). The molecule has 2 atom stereocenters. The number of Topliss-reactive ketones (excluding diaryl/α,β-unsaturated/α-hetero) is 1. The third kappa shape index (κ3) is 3.26.